The van der Waals surface area contributed by atoms with E-state index in [1.807, 2.05) is 33.8 Å². The lowest BCUT2D eigenvalue weighted by Gasteiger charge is -2.12. The van der Waals surface area contributed by atoms with Crippen LogP contribution >= 0.6 is 0 Å². The molecule has 0 aliphatic rings. The second kappa shape index (κ2) is 7.17. The molecule has 0 bridgehead atoms. The van der Waals surface area contributed by atoms with Crippen LogP contribution in [0, 0.1) is 0 Å². The third-order valence-corrected chi connectivity index (χ3v) is 3.86. The van der Waals surface area contributed by atoms with Gasteiger partial charge in [0, 0.05) is 43.3 Å². The Bertz CT molecular complexity index is 717. The summed E-state index contributed by atoms with van der Waals surface area (Å²) in [5, 5.41) is 9.02. The van der Waals surface area contributed by atoms with Gasteiger partial charge in [-0.1, -0.05) is 13.3 Å². The summed E-state index contributed by atoms with van der Waals surface area (Å²) in [6.45, 7) is 5.24. The Morgan fingerprint density at radius 1 is 1.17 bits per heavy atom. The highest BCUT2D eigenvalue weighted by atomic mass is 15.4. The van der Waals surface area contributed by atoms with Gasteiger partial charge in [0.2, 0.25) is 0 Å². The Kier molecular flexibility index (Phi) is 4.80. The van der Waals surface area contributed by atoms with Gasteiger partial charge in [-0.2, -0.15) is 10.2 Å². The summed E-state index contributed by atoms with van der Waals surface area (Å²) < 4.78 is 4.00. The molecule has 3 heterocycles. The quantitative estimate of drug-likeness (QED) is 0.672. The topological polar surface area (TPSA) is 61.4 Å². The molecule has 120 valence electrons. The molecule has 23 heavy (non-hydrogen) atoms. The number of rotatable bonds is 7. The number of nitrogens with zero attached hydrogens (tertiary/aromatic N) is 6. The standard InChI is InChI=1S/C17H22N6/c1-3-4-11-23-16(13-14(2)22-12-5-8-19-22)20-17(21-23)15-6-9-18-10-7-15/h5-10,12,14H,3-4,11,13H2,1-2H3/t14-/m0/s1. The molecule has 3 rings (SSSR count). The van der Waals surface area contributed by atoms with E-state index in [9.17, 15) is 0 Å². The molecule has 1 atom stereocenters. The maximum Gasteiger partial charge on any atom is 0.181 e. The lowest BCUT2D eigenvalue weighted by atomic mass is 10.2. The first kappa shape index (κ1) is 15.4. The Balaban J connectivity index is 1.86. The predicted octanol–water partition coefficient (Wildman–Crippen LogP) is 3.14. The Morgan fingerprint density at radius 3 is 2.70 bits per heavy atom. The molecule has 0 saturated heterocycles. The monoisotopic (exact) mass is 310 g/mol. The number of hydrogen-bond donors (Lipinski definition) is 0. The number of aromatic nitrogens is 6. The van der Waals surface area contributed by atoms with Gasteiger partial charge in [0.05, 0.1) is 6.04 Å². The van der Waals surface area contributed by atoms with E-state index in [1.54, 1.807) is 18.6 Å². The summed E-state index contributed by atoms with van der Waals surface area (Å²) in [6, 6.07) is 6.08. The highest BCUT2D eigenvalue weighted by Crippen LogP contribution is 2.18. The second-order valence-electron chi connectivity index (χ2n) is 5.70. The molecular weight excluding hydrogens is 288 g/mol. The molecule has 6 heteroatoms. The molecule has 0 unspecified atom stereocenters. The average molecular weight is 310 g/mol. The molecule has 0 N–H and O–H groups in total. The number of unbranched alkanes of at least 4 members (excludes halogenated alkanes) is 1. The van der Waals surface area contributed by atoms with Gasteiger partial charge >= 0.3 is 0 Å². The Hall–Kier alpha value is -2.50. The fourth-order valence-electron chi connectivity index (χ4n) is 2.53. The van der Waals surface area contributed by atoms with E-state index in [1.165, 1.54) is 0 Å². The summed E-state index contributed by atoms with van der Waals surface area (Å²) >= 11 is 0. The zero-order valence-corrected chi connectivity index (χ0v) is 13.6. The summed E-state index contributed by atoms with van der Waals surface area (Å²) in [4.78, 5) is 8.82. The van der Waals surface area contributed by atoms with Gasteiger partial charge < -0.3 is 0 Å². The summed E-state index contributed by atoms with van der Waals surface area (Å²) in [7, 11) is 0. The number of aryl methyl sites for hydroxylation is 1. The first-order valence-electron chi connectivity index (χ1n) is 8.11. The minimum atomic E-state index is 0.250. The van der Waals surface area contributed by atoms with Crippen molar-refractivity contribution in [1.82, 2.24) is 29.5 Å². The highest BCUT2D eigenvalue weighted by Gasteiger charge is 2.15. The van der Waals surface area contributed by atoms with Crippen molar-refractivity contribution in [3.63, 3.8) is 0 Å². The van der Waals surface area contributed by atoms with Crippen LogP contribution in [0.5, 0.6) is 0 Å². The van der Waals surface area contributed by atoms with Gasteiger partial charge in [0.15, 0.2) is 5.82 Å². The van der Waals surface area contributed by atoms with Gasteiger partial charge in [0.1, 0.15) is 5.82 Å². The van der Waals surface area contributed by atoms with Crippen LogP contribution in [0.25, 0.3) is 11.4 Å². The fourth-order valence-corrected chi connectivity index (χ4v) is 2.53. The van der Waals surface area contributed by atoms with E-state index in [0.717, 1.165) is 43.0 Å². The third kappa shape index (κ3) is 3.64. The number of pyridine rings is 1. The van der Waals surface area contributed by atoms with Crippen molar-refractivity contribution in [2.24, 2.45) is 0 Å². The van der Waals surface area contributed by atoms with E-state index < -0.39 is 0 Å². The van der Waals surface area contributed by atoms with Crippen molar-refractivity contribution >= 4 is 0 Å². The zero-order valence-electron chi connectivity index (χ0n) is 13.6. The molecule has 0 saturated carbocycles. The van der Waals surface area contributed by atoms with Crippen LogP contribution < -0.4 is 0 Å². The van der Waals surface area contributed by atoms with E-state index in [4.69, 9.17) is 10.1 Å². The summed E-state index contributed by atoms with van der Waals surface area (Å²) in [6.07, 6.45) is 10.4. The first-order valence-corrected chi connectivity index (χ1v) is 8.11. The van der Waals surface area contributed by atoms with Crippen molar-refractivity contribution in [2.45, 2.75) is 45.7 Å². The van der Waals surface area contributed by atoms with Crippen molar-refractivity contribution in [3.05, 3.63) is 48.8 Å². The van der Waals surface area contributed by atoms with Crippen LogP contribution in [0.15, 0.2) is 43.0 Å². The maximum absolute atomic E-state index is 4.77. The molecule has 0 amide bonds. The second-order valence-corrected chi connectivity index (χ2v) is 5.70. The van der Waals surface area contributed by atoms with Gasteiger partial charge in [0.25, 0.3) is 0 Å². The van der Waals surface area contributed by atoms with Gasteiger partial charge in [-0.15, -0.1) is 0 Å². The highest BCUT2D eigenvalue weighted by molar-refractivity contribution is 5.53. The molecular formula is C17H22N6. The van der Waals surface area contributed by atoms with Gasteiger partial charge in [-0.25, -0.2) is 9.67 Å². The summed E-state index contributed by atoms with van der Waals surface area (Å²) in [5.74, 6) is 1.78. The molecule has 0 radical (unpaired) electrons. The average Bonchev–Trinajstić information content (AvgIpc) is 3.24. The van der Waals surface area contributed by atoms with Crippen molar-refractivity contribution in [2.75, 3.05) is 0 Å². The molecule has 3 aromatic rings. The smallest absolute Gasteiger partial charge is 0.181 e. The van der Waals surface area contributed by atoms with Crippen LogP contribution in [-0.4, -0.2) is 29.5 Å². The van der Waals surface area contributed by atoms with Crippen LogP contribution in [0.2, 0.25) is 0 Å². The molecule has 3 aromatic heterocycles. The Morgan fingerprint density at radius 2 is 2.00 bits per heavy atom. The lowest BCUT2D eigenvalue weighted by molar-refractivity contribution is 0.454. The minimum absolute atomic E-state index is 0.250. The Labute approximate surface area is 136 Å². The van der Waals surface area contributed by atoms with Crippen LogP contribution in [0.3, 0.4) is 0 Å². The lowest BCUT2D eigenvalue weighted by Crippen LogP contribution is -2.13. The van der Waals surface area contributed by atoms with Crippen molar-refractivity contribution < 1.29 is 0 Å². The fraction of sp³-hybridized carbons (Fsp3) is 0.412. The van der Waals surface area contributed by atoms with Crippen molar-refractivity contribution in [3.8, 4) is 11.4 Å². The molecule has 0 aliphatic carbocycles. The number of hydrogen-bond acceptors (Lipinski definition) is 4. The minimum Gasteiger partial charge on any atom is -0.270 e. The normalized spacial score (nSPS) is 12.4. The van der Waals surface area contributed by atoms with Crippen molar-refractivity contribution in [1.29, 1.82) is 0 Å². The van der Waals surface area contributed by atoms with Gasteiger partial charge in [-0.3, -0.25) is 9.67 Å². The van der Waals surface area contributed by atoms with Crippen LogP contribution in [0.1, 0.15) is 38.6 Å². The maximum atomic E-state index is 4.77. The molecule has 6 nitrogen and oxygen atoms in total. The SMILES string of the molecule is CCCCn1nc(-c2ccncc2)nc1C[C@H](C)n1cccn1. The van der Waals surface area contributed by atoms with Crippen LogP contribution in [-0.2, 0) is 13.0 Å². The predicted molar refractivity (Wildman–Crippen MR) is 88.8 cm³/mol. The van der Waals surface area contributed by atoms with E-state index in [0.29, 0.717) is 0 Å². The van der Waals surface area contributed by atoms with E-state index in [-0.39, 0.29) is 6.04 Å². The first-order chi connectivity index (χ1) is 11.3. The zero-order chi connectivity index (χ0) is 16.1. The van der Waals surface area contributed by atoms with E-state index >= 15 is 0 Å². The molecule has 0 spiro atoms. The van der Waals surface area contributed by atoms with Crippen LogP contribution in [0.4, 0.5) is 0 Å². The van der Waals surface area contributed by atoms with Gasteiger partial charge in [-0.05, 0) is 31.5 Å². The molecule has 0 fully saturated rings. The van der Waals surface area contributed by atoms with E-state index in [2.05, 4.69) is 23.9 Å². The third-order valence-electron chi connectivity index (χ3n) is 3.86. The summed E-state index contributed by atoms with van der Waals surface area (Å²) in [5.41, 5.74) is 1.00. The largest absolute Gasteiger partial charge is 0.270 e. The molecule has 0 aromatic carbocycles. The molecule has 0 aliphatic heterocycles.